The first kappa shape index (κ1) is 14.5. The lowest BCUT2D eigenvalue weighted by molar-refractivity contribution is -0.121. The van der Waals surface area contributed by atoms with Crippen molar-refractivity contribution in [3.8, 4) is 0 Å². The Kier molecular flexibility index (Phi) is 4.34. The van der Waals surface area contributed by atoms with Gasteiger partial charge < -0.3 is 11.1 Å². The van der Waals surface area contributed by atoms with Gasteiger partial charge in [0.15, 0.2) is 5.13 Å². The van der Waals surface area contributed by atoms with Crippen LogP contribution < -0.4 is 11.1 Å². The van der Waals surface area contributed by atoms with Crippen LogP contribution in [0.5, 0.6) is 0 Å². The normalized spacial score (nSPS) is 10.9. The number of hydrogen-bond acceptors (Lipinski definition) is 5. The molecule has 0 aliphatic carbocycles. The minimum absolute atomic E-state index is 0.0355. The van der Waals surface area contributed by atoms with Crippen LogP contribution in [0.4, 0.5) is 5.13 Å². The minimum Gasteiger partial charge on any atom is -0.375 e. The molecule has 114 valence electrons. The molecule has 0 aliphatic heterocycles. The number of rotatable bonds is 6. The van der Waals surface area contributed by atoms with E-state index in [1.54, 1.807) is 10.9 Å². The van der Waals surface area contributed by atoms with Crippen molar-refractivity contribution in [2.24, 2.45) is 0 Å². The number of carbonyl (C=O) groups excluding carboxylic acids is 1. The van der Waals surface area contributed by atoms with E-state index in [1.807, 2.05) is 29.6 Å². The lowest BCUT2D eigenvalue weighted by Gasteiger charge is -2.06. The number of amides is 1. The number of carbonyl (C=O) groups is 1. The van der Waals surface area contributed by atoms with Crippen molar-refractivity contribution in [2.45, 2.75) is 19.4 Å². The van der Waals surface area contributed by atoms with Crippen molar-refractivity contribution in [3.05, 3.63) is 41.5 Å². The predicted molar refractivity (Wildman–Crippen MR) is 87.6 cm³/mol. The van der Waals surface area contributed by atoms with E-state index in [4.69, 9.17) is 5.73 Å². The zero-order valence-electron chi connectivity index (χ0n) is 12.0. The van der Waals surface area contributed by atoms with E-state index in [9.17, 15) is 4.79 Å². The highest BCUT2D eigenvalue weighted by atomic mass is 32.1. The first-order valence-electron chi connectivity index (χ1n) is 7.09. The summed E-state index contributed by atoms with van der Waals surface area (Å²) >= 11 is 1.44. The molecular weight excluding hydrogens is 298 g/mol. The number of fused-ring (bicyclic) bond motifs is 1. The molecule has 0 aliphatic rings. The Morgan fingerprint density at radius 1 is 1.36 bits per heavy atom. The Labute approximate surface area is 132 Å². The zero-order valence-corrected chi connectivity index (χ0v) is 12.8. The highest BCUT2D eigenvalue weighted by Crippen LogP contribution is 2.13. The number of nitrogens with two attached hydrogens (primary N) is 1. The van der Waals surface area contributed by atoms with Gasteiger partial charge in [0.2, 0.25) is 5.91 Å². The lowest BCUT2D eigenvalue weighted by atomic mass is 10.2. The van der Waals surface area contributed by atoms with Crippen molar-refractivity contribution in [1.29, 1.82) is 0 Å². The molecule has 1 aromatic carbocycles. The Bertz CT molecular complexity index is 779. The van der Waals surface area contributed by atoms with Crippen molar-refractivity contribution in [2.75, 3.05) is 12.3 Å². The van der Waals surface area contributed by atoms with Gasteiger partial charge in [0.25, 0.3) is 0 Å². The Morgan fingerprint density at radius 2 is 2.23 bits per heavy atom. The van der Waals surface area contributed by atoms with Crippen LogP contribution in [0.3, 0.4) is 0 Å². The highest BCUT2D eigenvalue weighted by molar-refractivity contribution is 7.13. The number of nitrogen functional groups attached to an aromatic ring is 1. The lowest BCUT2D eigenvalue weighted by Crippen LogP contribution is -2.29. The first-order valence-corrected chi connectivity index (χ1v) is 7.97. The van der Waals surface area contributed by atoms with E-state index in [0.717, 1.165) is 29.4 Å². The van der Waals surface area contributed by atoms with Crippen molar-refractivity contribution >= 4 is 33.3 Å². The summed E-state index contributed by atoms with van der Waals surface area (Å²) in [6, 6.07) is 7.84. The third-order valence-corrected chi connectivity index (χ3v) is 4.07. The fraction of sp³-hybridized carbons (Fsp3) is 0.267. The monoisotopic (exact) mass is 315 g/mol. The van der Waals surface area contributed by atoms with E-state index < -0.39 is 0 Å². The van der Waals surface area contributed by atoms with Crippen LogP contribution in [-0.4, -0.2) is 27.2 Å². The summed E-state index contributed by atoms with van der Waals surface area (Å²) < 4.78 is 1.71. The second-order valence-electron chi connectivity index (χ2n) is 4.99. The highest BCUT2D eigenvalue weighted by Gasteiger charge is 2.07. The molecule has 0 fully saturated rings. The summed E-state index contributed by atoms with van der Waals surface area (Å²) in [5, 5.41) is 10.7. The van der Waals surface area contributed by atoms with Gasteiger partial charge in [0, 0.05) is 17.3 Å². The fourth-order valence-electron chi connectivity index (χ4n) is 2.28. The largest absolute Gasteiger partial charge is 0.375 e. The van der Waals surface area contributed by atoms with Crippen molar-refractivity contribution < 1.29 is 4.79 Å². The molecule has 2 aromatic heterocycles. The summed E-state index contributed by atoms with van der Waals surface area (Å²) in [6.45, 7) is 0.854. The number of benzene rings is 1. The maximum Gasteiger partial charge on any atom is 0.241 e. The number of thiazole rings is 1. The molecular formula is C15H17N5OS. The number of hydrogen-bond donors (Lipinski definition) is 2. The molecule has 3 aromatic rings. The number of aromatic nitrogens is 3. The third-order valence-electron chi connectivity index (χ3n) is 3.35. The Balaban J connectivity index is 1.46. The number of nitrogens with one attached hydrogen (secondary N) is 1. The quantitative estimate of drug-likeness (QED) is 0.679. The summed E-state index contributed by atoms with van der Waals surface area (Å²) in [7, 11) is 0. The van der Waals surface area contributed by atoms with Crippen molar-refractivity contribution in [1.82, 2.24) is 20.1 Å². The fourth-order valence-corrected chi connectivity index (χ4v) is 2.88. The average molecular weight is 315 g/mol. The topological polar surface area (TPSA) is 85.8 Å². The molecule has 6 nitrogen and oxygen atoms in total. The molecule has 0 saturated carbocycles. The summed E-state index contributed by atoms with van der Waals surface area (Å²) in [5.74, 6) is -0.0355. The zero-order chi connectivity index (χ0) is 15.4. The molecule has 0 spiro atoms. The maximum atomic E-state index is 12.0. The van der Waals surface area contributed by atoms with Crippen molar-refractivity contribution in [3.63, 3.8) is 0 Å². The third kappa shape index (κ3) is 3.43. The van der Waals surface area contributed by atoms with Crippen LogP contribution in [0.15, 0.2) is 35.8 Å². The second kappa shape index (κ2) is 6.57. The van der Waals surface area contributed by atoms with Crippen LogP contribution in [-0.2, 0) is 17.8 Å². The molecule has 3 N–H and O–H groups in total. The first-order chi connectivity index (χ1) is 10.7. The Morgan fingerprint density at radius 3 is 3.05 bits per heavy atom. The van der Waals surface area contributed by atoms with Gasteiger partial charge in [0.1, 0.15) is 6.54 Å². The minimum atomic E-state index is -0.0355. The van der Waals surface area contributed by atoms with E-state index in [2.05, 4.69) is 15.4 Å². The van der Waals surface area contributed by atoms with Gasteiger partial charge in [-0.05, 0) is 18.9 Å². The van der Waals surface area contributed by atoms with Crippen LogP contribution in [0.2, 0.25) is 0 Å². The van der Waals surface area contributed by atoms with Gasteiger partial charge in [-0.3, -0.25) is 9.48 Å². The summed E-state index contributed by atoms with van der Waals surface area (Å²) in [4.78, 5) is 16.2. The van der Waals surface area contributed by atoms with Gasteiger partial charge in [-0.25, -0.2) is 4.98 Å². The van der Waals surface area contributed by atoms with Gasteiger partial charge in [-0.15, -0.1) is 11.3 Å². The van der Waals surface area contributed by atoms with Crippen LogP contribution in [0.1, 0.15) is 12.1 Å². The SMILES string of the molecule is Nc1nc(CCCNC(=O)Cn2ncc3ccccc32)cs1. The summed E-state index contributed by atoms with van der Waals surface area (Å²) in [5.41, 5.74) is 7.53. The number of aryl methyl sites for hydroxylation is 1. The molecule has 3 rings (SSSR count). The molecule has 0 atom stereocenters. The van der Waals surface area contributed by atoms with Crippen LogP contribution in [0, 0.1) is 0 Å². The van der Waals surface area contributed by atoms with Gasteiger partial charge >= 0.3 is 0 Å². The molecule has 0 bridgehead atoms. The molecule has 22 heavy (non-hydrogen) atoms. The van der Waals surface area contributed by atoms with Gasteiger partial charge in [0.05, 0.1) is 17.4 Å². The van der Waals surface area contributed by atoms with E-state index in [0.29, 0.717) is 11.7 Å². The Hall–Kier alpha value is -2.41. The predicted octanol–water partition coefficient (Wildman–Crippen LogP) is 1.82. The number of nitrogens with zero attached hydrogens (tertiary/aromatic N) is 3. The molecule has 7 heteroatoms. The summed E-state index contributed by atoms with van der Waals surface area (Å²) in [6.07, 6.45) is 3.43. The molecule has 1 amide bonds. The average Bonchev–Trinajstić information content (AvgIpc) is 3.11. The maximum absolute atomic E-state index is 12.0. The number of para-hydroxylation sites is 1. The second-order valence-corrected chi connectivity index (χ2v) is 5.88. The molecule has 2 heterocycles. The molecule has 0 unspecified atom stereocenters. The smallest absolute Gasteiger partial charge is 0.241 e. The molecule has 0 radical (unpaired) electrons. The number of anilines is 1. The van der Waals surface area contributed by atoms with Crippen LogP contribution >= 0.6 is 11.3 Å². The van der Waals surface area contributed by atoms with E-state index in [1.165, 1.54) is 11.3 Å². The van der Waals surface area contributed by atoms with Crippen LogP contribution in [0.25, 0.3) is 10.9 Å². The van der Waals surface area contributed by atoms with Gasteiger partial charge in [-0.2, -0.15) is 5.10 Å². The van der Waals surface area contributed by atoms with E-state index in [-0.39, 0.29) is 12.5 Å². The standard InChI is InChI=1S/C15H17N5OS/c16-15-19-12(10-22-15)5-3-7-17-14(21)9-20-13-6-2-1-4-11(13)8-18-20/h1-2,4,6,8,10H,3,5,7,9H2,(H2,16,19)(H,17,21). The van der Waals surface area contributed by atoms with Gasteiger partial charge in [-0.1, -0.05) is 18.2 Å². The van der Waals surface area contributed by atoms with E-state index >= 15 is 0 Å². The molecule has 0 saturated heterocycles.